The van der Waals surface area contributed by atoms with E-state index in [1.807, 2.05) is 0 Å². The van der Waals surface area contributed by atoms with Gasteiger partial charge in [0, 0.05) is 13.8 Å². The standard InChI is InChI=1S/C19H32N2O12/c1-7(4-22)30-17-13(21-9(3)26)18(29)31-11(6-24)16(17)33-19-12(20-8(2)25)15(28)14(27)10(5-23)32-19/h4,7,10-19,23-24,27-29H,5-6H2,1-3H3,(H,20,25)(H,21,26)/t7-,10-,11-,12-,13-,14-,15-,16-,17-,18+,19+/m1/s1. The molecule has 2 heterocycles. The summed E-state index contributed by atoms with van der Waals surface area (Å²) in [6, 6.07) is -2.54. The highest BCUT2D eigenvalue weighted by Crippen LogP contribution is 2.30. The van der Waals surface area contributed by atoms with Gasteiger partial charge in [0.15, 0.2) is 12.6 Å². The van der Waals surface area contributed by atoms with Crippen LogP contribution in [0.15, 0.2) is 0 Å². The van der Waals surface area contributed by atoms with Gasteiger partial charge in [-0.05, 0) is 6.92 Å². The minimum absolute atomic E-state index is 0.469. The van der Waals surface area contributed by atoms with Crippen molar-refractivity contribution in [1.82, 2.24) is 10.6 Å². The highest BCUT2D eigenvalue weighted by atomic mass is 16.7. The van der Waals surface area contributed by atoms with Crippen molar-refractivity contribution >= 4 is 18.1 Å². The molecule has 11 atom stereocenters. The molecule has 2 aliphatic rings. The molecule has 33 heavy (non-hydrogen) atoms. The molecule has 2 fully saturated rings. The Morgan fingerprint density at radius 3 is 2.03 bits per heavy atom. The molecule has 14 nitrogen and oxygen atoms in total. The lowest BCUT2D eigenvalue weighted by Crippen LogP contribution is -2.69. The fourth-order valence-corrected chi connectivity index (χ4v) is 3.80. The van der Waals surface area contributed by atoms with Crippen molar-refractivity contribution in [2.45, 2.75) is 88.2 Å². The smallest absolute Gasteiger partial charge is 0.217 e. The number of ether oxygens (including phenoxy) is 4. The summed E-state index contributed by atoms with van der Waals surface area (Å²) in [5, 5.41) is 55.2. The minimum atomic E-state index is -1.63. The molecule has 14 heteroatoms. The third-order valence-electron chi connectivity index (χ3n) is 5.32. The van der Waals surface area contributed by atoms with Crippen molar-refractivity contribution < 1.29 is 58.9 Å². The van der Waals surface area contributed by atoms with Crippen molar-refractivity contribution in [3.05, 3.63) is 0 Å². The zero-order valence-corrected chi connectivity index (χ0v) is 18.4. The zero-order chi connectivity index (χ0) is 24.9. The van der Waals surface area contributed by atoms with Crippen molar-refractivity contribution in [2.24, 2.45) is 0 Å². The van der Waals surface area contributed by atoms with Gasteiger partial charge in [0.05, 0.1) is 13.2 Å². The number of aliphatic hydroxyl groups excluding tert-OH is 5. The molecule has 2 saturated heterocycles. The number of carbonyl (C=O) groups is 3. The predicted octanol–water partition coefficient (Wildman–Crippen LogP) is -4.50. The Bertz CT molecular complexity index is 681. The molecule has 0 unspecified atom stereocenters. The maximum absolute atomic E-state index is 11.7. The van der Waals surface area contributed by atoms with E-state index in [-0.39, 0.29) is 0 Å². The second-order valence-corrected chi connectivity index (χ2v) is 7.95. The molecule has 2 amide bonds. The normalized spacial score (nSPS) is 40.0. The summed E-state index contributed by atoms with van der Waals surface area (Å²) < 4.78 is 22.5. The first-order chi connectivity index (χ1) is 15.5. The highest BCUT2D eigenvalue weighted by molar-refractivity contribution is 5.73. The molecule has 7 N–H and O–H groups in total. The molecule has 0 spiro atoms. The van der Waals surface area contributed by atoms with Crippen LogP contribution in [-0.2, 0) is 33.3 Å². The number of rotatable bonds is 9. The van der Waals surface area contributed by atoms with Gasteiger partial charge >= 0.3 is 0 Å². The van der Waals surface area contributed by atoms with Gasteiger partial charge in [0.25, 0.3) is 0 Å². The summed E-state index contributed by atoms with van der Waals surface area (Å²) in [7, 11) is 0. The van der Waals surface area contributed by atoms with Crippen LogP contribution in [0, 0.1) is 0 Å². The largest absolute Gasteiger partial charge is 0.394 e. The van der Waals surface area contributed by atoms with Gasteiger partial charge in [-0.3, -0.25) is 9.59 Å². The molecule has 0 aromatic rings. The van der Waals surface area contributed by atoms with Crippen LogP contribution in [-0.4, -0.2) is 124 Å². The number of hydrogen-bond acceptors (Lipinski definition) is 12. The molecule has 0 saturated carbocycles. The second-order valence-electron chi connectivity index (χ2n) is 7.95. The molecule has 2 aliphatic heterocycles. The van der Waals surface area contributed by atoms with Crippen LogP contribution >= 0.6 is 0 Å². The van der Waals surface area contributed by atoms with Crippen LogP contribution in [0.3, 0.4) is 0 Å². The first-order valence-corrected chi connectivity index (χ1v) is 10.4. The van der Waals surface area contributed by atoms with Crippen molar-refractivity contribution in [1.29, 1.82) is 0 Å². The molecular formula is C19H32N2O12. The first kappa shape index (κ1) is 27.5. The summed E-state index contributed by atoms with van der Waals surface area (Å²) in [6.07, 6.45) is -11.9. The Hall–Kier alpha value is -1.75. The molecule has 0 bridgehead atoms. The molecule has 190 valence electrons. The lowest BCUT2D eigenvalue weighted by Gasteiger charge is -2.48. The number of nitrogens with one attached hydrogen (secondary N) is 2. The molecule has 0 aromatic heterocycles. The van der Waals surface area contributed by atoms with E-state index in [4.69, 9.17) is 18.9 Å². The van der Waals surface area contributed by atoms with E-state index in [9.17, 15) is 39.9 Å². The zero-order valence-electron chi connectivity index (χ0n) is 18.4. The lowest BCUT2D eigenvalue weighted by atomic mass is 9.94. The molecular weight excluding hydrogens is 448 g/mol. The van der Waals surface area contributed by atoms with Gasteiger partial charge in [-0.1, -0.05) is 0 Å². The SMILES string of the molecule is CC(=O)N[C@@H]1[C@@H](O[C@H](C)C=O)[C@H](O[C@@H]2O[C@H](CO)[C@@H](O)[C@H](O)[C@H]2NC(C)=O)[C@@H](CO)O[C@@H]1O. The van der Waals surface area contributed by atoms with Crippen LogP contribution in [0.4, 0.5) is 0 Å². The molecule has 0 aromatic carbocycles. The van der Waals surface area contributed by atoms with E-state index in [1.54, 1.807) is 0 Å². The Morgan fingerprint density at radius 1 is 0.939 bits per heavy atom. The number of aldehydes is 1. The van der Waals surface area contributed by atoms with Crippen LogP contribution < -0.4 is 10.6 Å². The Kier molecular flexibility index (Phi) is 10.1. The summed E-state index contributed by atoms with van der Waals surface area (Å²) in [4.78, 5) is 34.6. The highest BCUT2D eigenvalue weighted by Gasteiger charge is 2.52. The van der Waals surface area contributed by atoms with Crippen LogP contribution in [0.2, 0.25) is 0 Å². The fourth-order valence-electron chi connectivity index (χ4n) is 3.80. The van der Waals surface area contributed by atoms with E-state index in [1.165, 1.54) is 13.8 Å². The monoisotopic (exact) mass is 480 g/mol. The fraction of sp³-hybridized carbons (Fsp3) is 0.842. The van der Waals surface area contributed by atoms with Crippen molar-refractivity contribution in [3.8, 4) is 0 Å². The Morgan fingerprint density at radius 2 is 1.52 bits per heavy atom. The molecule has 0 aliphatic carbocycles. The van der Waals surface area contributed by atoms with E-state index < -0.39 is 92.4 Å². The van der Waals surface area contributed by atoms with E-state index >= 15 is 0 Å². The number of carbonyl (C=O) groups excluding carboxylic acids is 3. The number of aliphatic hydroxyl groups is 5. The lowest BCUT2D eigenvalue weighted by molar-refractivity contribution is -0.332. The predicted molar refractivity (Wildman–Crippen MR) is 106 cm³/mol. The van der Waals surface area contributed by atoms with E-state index in [0.29, 0.717) is 6.29 Å². The van der Waals surface area contributed by atoms with E-state index in [2.05, 4.69) is 10.6 Å². The van der Waals surface area contributed by atoms with Gasteiger partial charge in [0.1, 0.15) is 61.1 Å². The summed E-state index contributed by atoms with van der Waals surface area (Å²) in [6.45, 7) is 2.38. The van der Waals surface area contributed by atoms with Crippen LogP contribution in [0.5, 0.6) is 0 Å². The quantitative estimate of drug-likeness (QED) is 0.156. The number of hydrogen-bond donors (Lipinski definition) is 7. The van der Waals surface area contributed by atoms with Gasteiger partial charge in [-0.2, -0.15) is 0 Å². The van der Waals surface area contributed by atoms with Crippen molar-refractivity contribution in [3.63, 3.8) is 0 Å². The third kappa shape index (κ3) is 6.65. The minimum Gasteiger partial charge on any atom is -0.394 e. The van der Waals surface area contributed by atoms with Crippen LogP contribution in [0.25, 0.3) is 0 Å². The summed E-state index contributed by atoms with van der Waals surface area (Å²) >= 11 is 0. The maximum atomic E-state index is 11.7. The number of amides is 2. The van der Waals surface area contributed by atoms with Crippen LogP contribution in [0.1, 0.15) is 20.8 Å². The average Bonchev–Trinajstić information content (AvgIpc) is 2.76. The summed E-state index contributed by atoms with van der Waals surface area (Å²) in [5.41, 5.74) is 0. The average molecular weight is 480 g/mol. The topological polar surface area (TPSA) is 213 Å². The Balaban J connectivity index is 2.41. The maximum Gasteiger partial charge on any atom is 0.217 e. The first-order valence-electron chi connectivity index (χ1n) is 10.4. The molecule has 0 radical (unpaired) electrons. The van der Waals surface area contributed by atoms with E-state index in [0.717, 1.165) is 6.92 Å². The Labute approximate surface area is 189 Å². The third-order valence-corrected chi connectivity index (χ3v) is 5.32. The second kappa shape index (κ2) is 12.1. The van der Waals surface area contributed by atoms with Gasteiger partial charge < -0.3 is 59.9 Å². The van der Waals surface area contributed by atoms with Gasteiger partial charge in [-0.15, -0.1) is 0 Å². The summed E-state index contributed by atoms with van der Waals surface area (Å²) in [5.74, 6) is -1.14. The van der Waals surface area contributed by atoms with Crippen molar-refractivity contribution in [2.75, 3.05) is 13.2 Å². The van der Waals surface area contributed by atoms with Gasteiger partial charge in [-0.25, -0.2) is 0 Å². The molecule has 2 rings (SSSR count). The van der Waals surface area contributed by atoms with Gasteiger partial charge in [0.2, 0.25) is 11.8 Å².